The highest BCUT2D eigenvalue weighted by Crippen LogP contribution is 2.65. The van der Waals surface area contributed by atoms with Crippen molar-refractivity contribution in [3.05, 3.63) is 35.1 Å². The van der Waals surface area contributed by atoms with E-state index in [9.17, 15) is 19.5 Å². The van der Waals surface area contributed by atoms with Crippen LogP contribution in [-0.2, 0) is 30.8 Å². The van der Waals surface area contributed by atoms with Gasteiger partial charge in [0.05, 0.1) is 31.8 Å². The molecule has 1 spiro atoms. The van der Waals surface area contributed by atoms with Crippen LogP contribution >= 0.6 is 0 Å². The number of likely N-dealkylation sites (N-methyl/N-ethyl adjacent to an activating group) is 2. The lowest BCUT2D eigenvalue weighted by Crippen LogP contribution is -2.74. The van der Waals surface area contributed by atoms with E-state index in [1.165, 1.54) is 14.2 Å². The van der Waals surface area contributed by atoms with Gasteiger partial charge in [-0.2, -0.15) is 0 Å². The highest BCUT2D eigenvalue weighted by Gasteiger charge is 2.72. The van der Waals surface area contributed by atoms with Crippen molar-refractivity contribution in [2.45, 2.75) is 74.8 Å². The number of piperidine rings is 1. The summed E-state index contributed by atoms with van der Waals surface area (Å²) in [6, 6.07) is 2.56. The van der Waals surface area contributed by atoms with Gasteiger partial charge in [-0.25, -0.2) is 14.4 Å². The molecule has 2 aliphatic heterocycles. The number of methoxy groups -OCH3 is 2. The zero-order chi connectivity index (χ0) is 29.9. The minimum atomic E-state index is -1.19. The number of amides is 2. The third-order valence-corrected chi connectivity index (χ3v) is 8.83. The van der Waals surface area contributed by atoms with Gasteiger partial charge in [-0.15, -0.1) is 0 Å². The van der Waals surface area contributed by atoms with Crippen molar-refractivity contribution in [1.29, 1.82) is 0 Å². The number of nitrogens with one attached hydrogen (secondary N) is 1. The second kappa shape index (κ2) is 10.1. The van der Waals surface area contributed by atoms with Crippen molar-refractivity contribution in [2.75, 3.05) is 41.4 Å². The number of hydrogen-bond acceptors (Lipinski definition) is 10. The molecule has 12 heteroatoms. The van der Waals surface area contributed by atoms with E-state index in [-0.39, 0.29) is 24.8 Å². The number of alkyl carbamates (subject to hydrolysis) is 1. The van der Waals surface area contributed by atoms with Crippen LogP contribution in [0.5, 0.6) is 11.5 Å². The molecular formula is C29H39N3O9. The molecule has 41 heavy (non-hydrogen) atoms. The molecule has 1 fully saturated rings. The standard InChI is InChI=1S/C29H39N3O9/c1-27(2,3)41-25(34)30-15-17(24(33)38-7)32(5)26(35)39-19-10-11-29(36)20-14-16-8-9-18(37-6)22-21(16)28(29,23(19)40-22)12-13-31(20)4/h8-10,17,20,23,36H,11-15H2,1-7H3,(H,30,34)/t17-,20?,23-,28-,29+/m0/s1. The Morgan fingerprint density at radius 2 is 2.00 bits per heavy atom. The average Bonchev–Trinajstić information content (AvgIpc) is 3.26. The molecule has 2 N–H and O–H groups in total. The van der Waals surface area contributed by atoms with Crippen LogP contribution in [0.3, 0.4) is 0 Å². The highest BCUT2D eigenvalue weighted by molar-refractivity contribution is 5.82. The first-order valence-corrected chi connectivity index (χ1v) is 13.8. The quantitative estimate of drug-likeness (QED) is 0.385. The maximum Gasteiger partial charge on any atom is 0.415 e. The third-order valence-electron chi connectivity index (χ3n) is 8.83. The summed E-state index contributed by atoms with van der Waals surface area (Å²) >= 11 is 0. The predicted octanol–water partition coefficient (Wildman–Crippen LogP) is 2.11. The van der Waals surface area contributed by atoms with E-state index < -0.39 is 46.9 Å². The van der Waals surface area contributed by atoms with Crippen LogP contribution in [0.4, 0.5) is 9.59 Å². The second-order valence-electron chi connectivity index (χ2n) is 12.2. The molecule has 0 saturated carbocycles. The van der Waals surface area contributed by atoms with Crippen molar-refractivity contribution in [3.63, 3.8) is 0 Å². The Hall–Kier alpha value is -3.51. The Kier molecular flexibility index (Phi) is 7.14. The molecule has 1 aromatic rings. The third kappa shape index (κ3) is 4.47. The van der Waals surface area contributed by atoms with Gasteiger partial charge in [0.1, 0.15) is 17.4 Å². The lowest BCUT2D eigenvalue weighted by molar-refractivity contribution is -0.163. The molecule has 2 bridgehead atoms. The van der Waals surface area contributed by atoms with Gasteiger partial charge >= 0.3 is 18.2 Å². The largest absolute Gasteiger partial charge is 0.493 e. The maximum absolute atomic E-state index is 13.5. The van der Waals surface area contributed by atoms with E-state index in [1.54, 1.807) is 34.0 Å². The van der Waals surface area contributed by atoms with E-state index in [0.717, 1.165) is 22.6 Å². The summed E-state index contributed by atoms with van der Waals surface area (Å²) < 4.78 is 28.2. The van der Waals surface area contributed by atoms with Crippen molar-refractivity contribution in [1.82, 2.24) is 15.1 Å². The molecule has 2 amide bonds. The number of nitrogens with zero attached hydrogens (tertiary/aromatic N) is 2. The van der Waals surface area contributed by atoms with E-state index in [2.05, 4.69) is 10.2 Å². The SMILES string of the molecule is COC(=O)[C@H](CNC(=O)OC(C)(C)C)N(C)C(=O)OC1=CC[C@@]2(O)C3Cc4ccc(OC)c5c4[C@@]2(CCN3C)[C@H]1O5. The molecule has 2 heterocycles. The summed E-state index contributed by atoms with van der Waals surface area (Å²) in [6.45, 7) is 5.62. The van der Waals surface area contributed by atoms with E-state index in [4.69, 9.17) is 23.7 Å². The van der Waals surface area contributed by atoms with Crippen molar-refractivity contribution in [2.24, 2.45) is 0 Å². The summed E-state index contributed by atoms with van der Waals surface area (Å²) in [4.78, 5) is 41.5. The van der Waals surface area contributed by atoms with Crippen LogP contribution in [-0.4, -0.2) is 104 Å². The number of hydrogen-bond donors (Lipinski definition) is 2. The smallest absolute Gasteiger partial charge is 0.415 e. The monoisotopic (exact) mass is 573 g/mol. The molecule has 12 nitrogen and oxygen atoms in total. The summed E-state index contributed by atoms with van der Waals surface area (Å²) in [7, 11) is 6.16. The first-order valence-electron chi connectivity index (χ1n) is 13.8. The second-order valence-corrected chi connectivity index (χ2v) is 12.2. The first kappa shape index (κ1) is 29.0. The lowest BCUT2D eigenvalue weighted by atomic mass is 9.50. The number of aliphatic hydroxyl groups is 1. The van der Waals surface area contributed by atoms with Crippen LogP contribution in [0.1, 0.15) is 44.7 Å². The van der Waals surface area contributed by atoms with Gasteiger partial charge < -0.3 is 39.0 Å². The van der Waals surface area contributed by atoms with Gasteiger partial charge in [0, 0.05) is 25.1 Å². The highest BCUT2D eigenvalue weighted by atomic mass is 16.6. The lowest BCUT2D eigenvalue weighted by Gasteiger charge is -2.61. The summed E-state index contributed by atoms with van der Waals surface area (Å²) in [6.07, 6.45) is 0.847. The summed E-state index contributed by atoms with van der Waals surface area (Å²) in [5.41, 5.74) is -0.739. The predicted molar refractivity (Wildman–Crippen MR) is 146 cm³/mol. The van der Waals surface area contributed by atoms with Gasteiger partial charge in [0.2, 0.25) is 0 Å². The minimum absolute atomic E-state index is 0.145. The zero-order valence-electron chi connectivity index (χ0n) is 24.6. The van der Waals surface area contributed by atoms with E-state index >= 15 is 0 Å². The normalized spacial score (nSPS) is 28.3. The zero-order valence-corrected chi connectivity index (χ0v) is 24.6. The van der Waals surface area contributed by atoms with Crippen LogP contribution in [0.15, 0.2) is 24.0 Å². The number of ether oxygens (including phenoxy) is 5. The molecule has 1 unspecified atom stereocenters. The van der Waals surface area contributed by atoms with E-state index in [0.29, 0.717) is 24.3 Å². The van der Waals surface area contributed by atoms with Gasteiger partial charge in [-0.05, 0) is 64.9 Å². The molecule has 0 aromatic heterocycles. The first-order chi connectivity index (χ1) is 19.3. The fraction of sp³-hybridized carbons (Fsp3) is 0.621. The Bertz CT molecular complexity index is 1290. The molecule has 2 aliphatic carbocycles. The van der Waals surface area contributed by atoms with Crippen LogP contribution < -0.4 is 14.8 Å². The Morgan fingerprint density at radius 1 is 1.27 bits per heavy atom. The van der Waals surface area contributed by atoms with E-state index in [1.807, 2.05) is 19.2 Å². The van der Waals surface area contributed by atoms with Crippen molar-refractivity contribution < 1.29 is 43.2 Å². The summed E-state index contributed by atoms with van der Waals surface area (Å²) in [5, 5.41) is 14.8. The number of rotatable bonds is 6. The topological polar surface area (TPSA) is 136 Å². The molecule has 4 aliphatic rings. The molecule has 1 aromatic carbocycles. The number of carbonyl (C=O) groups excluding carboxylic acids is 3. The summed E-state index contributed by atoms with van der Waals surface area (Å²) in [5.74, 6) is 0.622. The Labute approximate surface area is 239 Å². The van der Waals surface area contributed by atoms with Crippen LogP contribution in [0.2, 0.25) is 0 Å². The molecule has 1 saturated heterocycles. The molecule has 0 radical (unpaired) electrons. The van der Waals surface area contributed by atoms with Crippen molar-refractivity contribution >= 4 is 18.2 Å². The minimum Gasteiger partial charge on any atom is -0.493 e. The molecular weight excluding hydrogens is 534 g/mol. The molecule has 224 valence electrons. The number of likely N-dealkylation sites (tertiary alicyclic amines) is 1. The van der Waals surface area contributed by atoms with Gasteiger partial charge in [0.25, 0.3) is 0 Å². The molecule has 5 rings (SSSR count). The fourth-order valence-corrected chi connectivity index (χ4v) is 6.90. The van der Waals surface area contributed by atoms with Gasteiger partial charge in [-0.3, -0.25) is 4.90 Å². The average molecular weight is 574 g/mol. The Balaban J connectivity index is 1.42. The van der Waals surface area contributed by atoms with Gasteiger partial charge in [0.15, 0.2) is 17.6 Å². The van der Waals surface area contributed by atoms with Crippen LogP contribution in [0.25, 0.3) is 0 Å². The number of carbonyl (C=O) groups is 3. The fourth-order valence-electron chi connectivity index (χ4n) is 6.90. The molecule has 5 atom stereocenters. The van der Waals surface area contributed by atoms with Crippen molar-refractivity contribution in [3.8, 4) is 11.5 Å². The Morgan fingerprint density at radius 3 is 2.66 bits per heavy atom. The number of esters is 1. The van der Waals surface area contributed by atoms with Gasteiger partial charge in [-0.1, -0.05) is 6.07 Å². The maximum atomic E-state index is 13.5. The number of benzene rings is 1. The van der Waals surface area contributed by atoms with Crippen LogP contribution in [0, 0.1) is 0 Å².